The van der Waals surface area contributed by atoms with E-state index in [0.29, 0.717) is 5.92 Å². The van der Waals surface area contributed by atoms with E-state index in [9.17, 15) is 4.79 Å². The standard InChI is InChI=1S/C11H18N2O/c1-7(12-13-8(2)14)11-6-9-3-4-10(11)5-9/h9-11H,3-6H2,1-2H3,(H,13,14)/b12-7+/t9-,10-,11-/m1/s1. The highest BCUT2D eigenvalue weighted by Gasteiger charge is 2.40. The van der Waals surface area contributed by atoms with Crippen molar-refractivity contribution in [2.45, 2.75) is 39.5 Å². The number of carbonyl (C=O) groups excluding carboxylic acids is 1. The Morgan fingerprint density at radius 2 is 2.07 bits per heavy atom. The third kappa shape index (κ3) is 1.81. The van der Waals surface area contributed by atoms with Gasteiger partial charge in [-0.15, -0.1) is 0 Å². The van der Waals surface area contributed by atoms with E-state index in [1.807, 2.05) is 6.92 Å². The van der Waals surface area contributed by atoms with Crippen molar-refractivity contribution in [3.8, 4) is 0 Å². The predicted octanol–water partition coefficient (Wildman–Crippen LogP) is 1.93. The van der Waals surface area contributed by atoms with Gasteiger partial charge in [-0.05, 0) is 38.0 Å². The topological polar surface area (TPSA) is 41.5 Å². The lowest BCUT2D eigenvalue weighted by Gasteiger charge is -2.20. The quantitative estimate of drug-likeness (QED) is 0.529. The minimum atomic E-state index is -0.0764. The van der Waals surface area contributed by atoms with Crippen LogP contribution in [0.25, 0.3) is 0 Å². The first-order valence-corrected chi connectivity index (χ1v) is 5.47. The molecule has 2 aliphatic carbocycles. The Balaban J connectivity index is 1.95. The van der Waals surface area contributed by atoms with Gasteiger partial charge in [-0.1, -0.05) is 6.42 Å². The summed E-state index contributed by atoms with van der Waals surface area (Å²) in [6.07, 6.45) is 5.45. The molecule has 2 aliphatic rings. The number of carbonyl (C=O) groups is 1. The largest absolute Gasteiger partial charge is 0.274 e. The highest BCUT2D eigenvalue weighted by Crippen LogP contribution is 2.48. The minimum Gasteiger partial charge on any atom is -0.274 e. The average Bonchev–Trinajstić information content (AvgIpc) is 2.74. The maximum absolute atomic E-state index is 10.7. The van der Waals surface area contributed by atoms with Crippen molar-refractivity contribution in [2.24, 2.45) is 22.9 Å². The summed E-state index contributed by atoms with van der Waals surface area (Å²) in [5.41, 5.74) is 3.65. The molecule has 0 aromatic heterocycles. The zero-order valence-electron chi connectivity index (χ0n) is 8.92. The average molecular weight is 194 g/mol. The number of hydrogen-bond donors (Lipinski definition) is 1. The van der Waals surface area contributed by atoms with Crippen molar-refractivity contribution in [3.63, 3.8) is 0 Å². The molecule has 78 valence electrons. The van der Waals surface area contributed by atoms with Crippen molar-refractivity contribution < 1.29 is 4.79 Å². The van der Waals surface area contributed by atoms with Gasteiger partial charge in [0.1, 0.15) is 0 Å². The van der Waals surface area contributed by atoms with Crippen LogP contribution in [0, 0.1) is 17.8 Å². The molecule has 0 radical (unpaired) electrons. The molecule has 1 amide bonds. The number of hydrazone groups is 1. The molecule has 2 fully saturated rings. The lowest BCUT2D eigenvalue weighted by molar-refractivity contribution is -0.118. The van der Waals surface area contributed by atoms with E-state index < -0.39 is 0 Å². The van der Waals surface area contributed by atoms with E-state index in [0.717, 1.165) is 17.5 Å². The number of rotatable bonds is 2. The molecule has 2 rings (SSSR count). The highest BCUT2D eigenvalue weighted by molar-refractivity contribution is 5.86. The van der Waals surface area contributed by atoms with Gasteiger partial charge in [0, 0.05) is 18.6 Å². The van der Waals surface area contributed by atoms with Crippen LogP contribution in [-0.2, 0) is 4.79 Å². The van der Waals surface area contributed by atoms with Crippen molar-refractivity contribution >= 4 is 11.6 Å². The van der Waals surface area contributed by atoms with E-state index in [1.54, 1.807) is 0 Å². The third-order valence-electron chi connectivity index (χ3n) is 3.66. The maximum atomic E-state index is 10.7. The van der Waals surface area contributed by atoms with Crippen LogP contribution >= 0.6 is 0 Å². The molecule has 3 heteroatoms. The lowest BCUT2D eigenvalue weighted by Crippen LogP contribution is -2.23. The first-order valence-electron chi connectivity index (χ1n) is 5.47. The summed E-state index contributed by atoms with van der Waals surface area (Å²) in [6, 6.07) is 0. The van der Waals surface area contributed by atoms with Crippen LogP contribution in [0.1, 0.15) is 39.5 Å². The number of nitrogens with one attached hydrogen (secondary N) is 1. The van der Waals surface area contributed by atoms with Gasteiger partial charge in [0.15, 0.2) is 0 Å². The van der Waals surface area contributed by atoms with Gasteiger partial charge in [-0.3, -0.25) is 4.79 Å². The van der Waals surface area contributed by atoms with Crippen molar-refractivity contribution in [1.82, 2.24) is 5.43 Å². The summed E-state index contributed by atoms with van der Waals surface area (Å²) >= 11 is 0. The number of fused-ring (bicyclic) bond motifs is 2. The van der Waals surface area contributed by atoms with Crippen LogP contribution < -0.4 is 5.43 Å². The number of hydrogen-bond acceptors (Lipinski definition) is 2. The molecule has 0 heterocycles. The second kappa shape index (κ2) is 3.71. The number of amides is 1. The van der Waals surface area contributed by atoms with Gasteiger partial charge in [0.2, 0.25) is 5.91 Å². The minimum absolute atomic E-state index is 0.0764. The Bertz CT molecular complexity index is 272. The van der Waals surface area contributed by atoms with E-state index in [1.165, 1.54) is 32.6 Å². The third-order valence-corrected chi connectivity index (χ3v) is 3.66. The molecule has 3 atom stereocenters. The van der Waals surface area contributed by atoms with Crippen LogP contribution in [0.2, 0.25) is 0 Å². The van der Waals surface area contributed by atoms with Gasteiger partial charge >= 0.3 is 0 Å². The normalized spacial score (nSPS) is 36.1. The fourth-order valence-electron chi connectivity index (χ4n) is 3.01. The van der Waals surface area contributed by atoms with E-state index in [2.05, 4.69) is 10.5 Å². The van der Waals surface area contributed by atoms with Crippen molar-refractivity contribution in [1.29, 1.82) is 0 Å². The molecule has 0 aliphatic heterocycles. The Kier molecular flexibility index (Phi) is 2.57. The lowest BCUT2D eigenvalue weighted by atomic mass is 9.86. The molecule has 0 saturated heterocycles. The summed E-state index contributed by atoms with van der Waals surface area (Å²) < 4.78 is 0. The summed E-state index contributed by atoms with van der Waals surface area (Å²) in [6.45, 7) is 3.54. The summed E-state index contributed by atoms with van der Waals surface area (Å²) in [7, 11) is 0. The molecule has 2 bridgehead atoms. The smallest absolute Gasteiger partial charge is 0.236 e. The first kappa shape index (κ1) is 9.69. The highest BCUT2D eigenvalue weighted by atomic mass is 16.2. The molecular weight excluding hydrogens is 176 g/mol. The Labute approximate surface area is 85.0 Å². The SMILES string of the molecule is CC(=O)N/N=C(\C)[C@H]1C[C@@H]2CC[C@@H]1C2. The van der Waals surface area contributed by atoms with E-state index in [4.69, 9.17) is 0 Å². The molecule has 1 N–H and O–H groups in total. The number of nitrogens with zero attached hydrogens (tertiary/aromatic N) is 1. The van der Waals surface area contributed by atoms with Crippen LogP contribution in [0.15, 0.2) is 5.10 Å². The second-order valence-corrected chi connectivity index (χ2v) is 4.70. The zero-order chi connectivity index (χ0) is 10.1. The molecule has 0 aromatic rings. The summed E-state index contributed by atoms with van der Waals surface area (Å²) in [4.78, 5) is 10.7. The molecular formula is C11H18N2O. The predicted molar refractivity (Wildman–Crippen MR) is 55.9 cm³/mol. The van der Waals surface area contributed by atoms with Crippen LogP contribution in [0.3, 0.4) is 0 Å². The fraction of sp³-hybridized carbons (Fsp3) is 0.818. The Morgan fingerprint density at radius 1 is 1.29 bits per heavy atom. The Hall–Kier alpha value is -0.860. The van der Waals surface area contributed by atoms with Gasteiger partial charge < -0.3 is 0 Å². The van der Waals surface area contributed by atoms with Crippen LogP contribution in [0.4, 0.5) is 0 Å². The molecule has 0 spiro atoms. The van der Waals surface area contributed by atoms with E-state index in [-0.39, 0.29) is 5.91 Å². The summed E-state index contributed by atoms with van der Waals surface area (Å²) in [5.74, 6) is 2.35. The first-order chi connectivity index (χ1) is 6.66. The molecule has 2 saturated carbocycles. The van der Waals surface area contributed by atoms with Crippen molar-refractivity contribution in [3.05, 3.63) is 0 Å². The molecule has 3 nitrogen and oxygen atoms in total. The fourth-order valence-corrected chi connectivity index (χ4v) is 3.01. The zero-order valence-corrected chi connectivity index (χ0v) is 8.92. The van der Waals surface area contributed by atoms with Gasteiger partial charge in [-0.2, -0.15) is 5.10 Å². The van der Waals surface area contributed by atoms with Gasteiger partial charge in [0.25, 0.3) is 0 Å². The maximum Gasteiger partial charge on any atom is 0.236 e. The molecule has 14 heavy (non-hydrogen) atoms. The summed E-state index contributed by atoms with van der Waals surface area (Å²) in [5, 5.41) is 4.14. The molecule has 0 unspecified atom stereocenters. The van der Waals surface area contributed by atoms with Crippen LogP contribution in [-0.4, -0.2) is 11.6 Å². The monoisotopic (exact) mass is 194 g/mol. The Morgan fingerprint density at radius 3 is 2.57 bits per heavy atom. The van der Waals surface area contributed by atoms with Crippen LogP contribution in [0.5, 0.6) is 0 Å². The van der Waals surface area contributed by atoms with E-state index >= 15 is 0 Å². The molecule has 0 aromatic carbocycles. The van der Waals surface area contributed by atoms with Gasteiger partial charge in [0.05, 0.1) is 0 Å². The second-order valence-electron chi connectivity index (χ2n) is 4.70. The van der Waals surface area contributed by atoms with Gasteiger partial charge in [-0.25, -0.2) is 5.43 Å². The van der Waals surface area contributed by atoms with Crippen molar-refractivity contribution in [2.75, 3.05) is 0 Å².